The van der Waals surface area contributed by atoms with Gasteiger partial charge in [0.25, 0.3) is 0 Å². The molecule has 1 saturated heterocycles. The van der Waals surface area contributed by atoms with E-state index in [1.165, 1.54) is 12.2 Å². The summed E-state index contributed by atoms with van der Waals surface area (Å²) in [6, 6.07) is 7.88. The lowest BCUT2D eigenvalue weighted by Gasteiger charge is -2.29. The molecule has 2 rings (SSSR count). The van der Waals surface area contributed by atoms with Gasteiger partial charge in [0.1, 0.15) is 0 Å². The Morgan fingerprint density at radius 1 is 1.37 bits per heavy atom. The van der Waals surface area contributed by atoms with E-state index < -0.39 is 5.41 Å². The van der Waals surface area contributed by atoms with Crippen LogP contribution in [0.4, 0.5) is 5.69 Å². The molecule has 1 aromatic carbocycles. The predicted octanol–water partition coefficient (Wildman–Crippen LogP) is 2.56. The van der Waals surface area contributed by atoms with E-state index in [1.54, 1.807) is 0 Å². The van der Waals surface area contributed by atoms with Crippen LogP contribution in [0.5, 0.6) is 0 Å². The van der Waals surface area contributed by atoms with E-state index in [4.69, 9.17) is 5.73 Å². The summed E-state index contributed by atoms with van der Waals surface area (Å²) in [4.78, 5) is 12.5. The number of rotatable bonds is 3. The van der Waals surface area contributed by atoms with Gasteiger partial charge < -0.3 is 11.1 Å². The predicted molar refractivity (Wildman–Crippen MR) is 82.4 cm³/mol. The Hall–Kier alpha value is -1.16. The van der Waals surface area contributed by atoms with Crippen molar-refractivity contribution >= 4 is 23.4 Å². The second-order valence-corrected chi connectivity index (χ2v) is 6.78. The van der Waals surface area contributed by atoms with Gasteiger partial charge in [-0.05, 0) is 50.1 Å². The quantitative estimate of drug-likeness (QED) is 0.836. The molecule has 1 fully saturated rings. The van der Waals surface area contributed by atoms with Crippen LogP contribution in [0.2, 0.25) is 0 Å². The van der Waals surface area contributed by atoms with Crippen LogP contribution < -0.4 is 11.1 Å². The highest BCUT2D eigenvalue weighted by Gasteiger charge is 2.31. The Bertz CT molecular complexity index is 436. The molecule has 1 aromatic rings. The second-order valence-electron chi connectivity index (χ2n) is 5.63. The number of benzene rings is 1. The maximum atomic E-state index is 12.5. The number of hydrogen-bond acceptors (Lipinski definition) is 3. The molecule has 0 spiro atoms. The summed E-state index contributed by atoms with van der Waals surface area (Å²) in [5.74, 6) is 2.35. The highest BCUT2D eigenvalue weighted by molar-refractivity contribution is 7.99. The molecular formula is C15H22N2OS. The van der Waals surface area contributed by atoms with Crippen molar-refractivity contribution in [1.29, 1.82) is 0 Å². The number of nitrogens with two attached hydrogens (primary N) is 1. The third-order valence-electron chi connectivity index (χ3n) is 3.70. The lowest BCUT2D eigenvalue weighted by Crippen LogP contribution is -2.46. The number of nitrogen functional groups attached to an aromatic ring is 1. The first-order chi connectivity index (χ1) is 9.00. The molecule has 1 amide bonds. The summed E-state index contributed by atoms with van der Waals surface area (Å²) in [6.45, 7) is 3.92. The van der Waals surface area contributed by atoms with Gasteiger partial charge in [0.15, 0.2) is 0 Å². The van der Waals surface area contributed by atoms with Crippen LogP contribution >= 0.6 is 11.8 Å². The number of anilines is 1. The molecule has 0 bridgehead atoms. The fraction of sp³-hybridized carbons (Fsp3) is 0.533. The zero-order chi connectivity index (χ0) is 13.9. The molecule has 104 valence electrons. The van der Waals surface area contributed by atoms with Crippen LogP contribution in [-0.2, 0) is 10.2 Å². The van der Waals surface area contributed by atoms with E-state index in [-0.39, 0.29) is 5.91 Å². The number of carbonyl (C=O) groups is 1. The van der Waals surface area contributed by atoms with Crippen LogP contribution in [0.15, 0.2) is 24.3 Å². The topological polar surface area (TPSA) is 55.1 Å². The largest absolute Gasteiger partial charge is 0.399 e. The maximum absolute atomic E-state index is 12.5. The standard InChI is InChI=1S/C15H22N2OS/c1-15(2,11-5-7-12(16)8-6-11)14(18)17-13-4-3-9-19-10-13/h5-8,13H,3-4,9-10,16H2,1-2H3,(H,17,18). The highest BCUT2D eigenvalue weighted by atomic mass is 32.2. The summed E-state index contributed by atoms with van der Waals surface area (Å²) in [6.07, 6.45) is 2.29. The Morgan fingerprint density at radius 2 is 2.05 bits per heavy atom. The van der Waals surface area contributed by atoms with E-state index in [1.807, 2.05) is 49.9 Å². The molecule has 1 unspecified atom stereocenters. The highest BCUT2D eigenvalue weighted by Crippen LogP contribution is 2.25. The second kappa shape index (κ2) is 5.87. The van der Waals surface area contributed by atoms with Crippen molar-refractivity contribution < 1.29 is 4.79 Å². The summed E-state index contributed by atoms with van der Waals surface area (Å²) in [7, 11) is 0. The minimum absolute atomic E-state index is 0.102. The molecule has 3 nitrogen and oxygen atoms in total. The van der Waals surface area contributed by atoms with Crippen LogP contribution in [0, 0.1) is 0 Å². The van der Waals surface area contributed by atoms with Crippen molar-refractivity contribution in [3.63, 3.8) is 0 Å². The van der Waals surface area contributed by atoms with Crippen molar-refractivity contribution in [2.75, 3.05) is 17.2 Å². The van der Waals surface area contributed by atoms with Crippen molar-refractivity contribution in [1.82, 2.24) is 5.32 Å². The van der Waals surface area contributed by atoms with Crippen LogP contribution in [0.1, 0.15) is 32.3 Å². The average molecular weight is 278 g/mol. The van der Waals surface area contributed by atoms with E-state index in [0.717, 1.165) is 23.4 Å². The normalized spacial score (nSPS) is 20.0. The summed E-state index contributed by atoms with van der Waals surface area (Å²) >= 11 is 1.92. The zero-order valence-electron chi connectivity index (χ0n) is 11.6. The Labute approximate surface area is 119 Å². The molecule has 3 N–H and O–H groups in total. The third-order valence-corrected chi connectivity index (χ3v) is 4.91. The molecule has 4 heteroatoms. The number of carbonyl (C=O) groups excluding carboxylic acids is 1. The maximum Gasteiger partial charge on any atom is 0.230 e. The molecule has 0 radical (unpaired) electrons. The zero-order valence-corrected chi connectivity index (χ0v) is 12.4. The monoisotopic (exact) mass is 278 g/mol. The fourth-order valence-corrected chi connectivity index (χ4v) is 3.32. The van der Waals surface area contributed by atoms with Gasteiger partial charge in [0, 0.05) is 17.5 Å². The van der Waals surface area contributed by atoms with Crippen LogP contribution in [0.25, 0.3) is 0 Å². The SMILES string of the molecule is CC(C)(C(=O)NC1CCCSC1)c1ccc(N)cc1. The third kappa shape index (κ3) is 3.44. The lowest BCUT2D eigenvalue weighted by atomic mass is 9.83. The smallest absolute Gasteiger partial charge is 0.230 e. The molecule has 19 heavy (non-hydrogen) atoms. The Morgan fingerprint density at radius 3 is 2.63 bits per heavy atom. The van der Waals surface area contributed by atoms with Gasteiger partial charge in [-0.1, -0.05) is 12.1 Å². The van der Waals surface area contributed by atoms with Gasteiger partial charge in [-0.2, -0.15) is 11.8 Å². The number of nitrogens with one attached hydrogen (secondary N) is 1. The Kier molecular flexibility index (Phi) is 4.40. The summed E-state index contributed by atoms with van der Waals surface area (Å²) < 4.78 is 0. The molecule has 1 heterocycles. The molecule has 1 atom stereocenters. The number of hydrogen-bond donors (Lipinski definition) is 2. The van der Waals surface area contributed by atoms with Gasteiger partial charge in [-0.15, -0.1) is 0 Å². The number of thioether (sulfide) groups is 1. The molecule has 0 aliphatic carbocycles. The minimum Gasteiger partial charge on any atom is -0.399 e. The van der Waals surface area contributed by atoms with E-state index >= 15 is 0 Å². The van der Waals surface area contributed by atoms with Gasteiger partial charge in [-0.3, -0.25) is 4.79 Å². The van der Waals surface area contributed by atoms with E-state index in [2.05, 4.69) is 5.32 Å². The minimum atomic E-state index is -0.518. The molecular weight excluding hydrogens is 256 g/mol. The lowest BCUT2D eigenvalue weighted by molar-refractivity contribution is -0.126. The van der Waals surface area contributed by atoms with Crippen LogP contribution in [-0.4, -0.2) is 23.5 Å². The van der Waals surface area contributed by atoms with E-state index in [9.17, 15) is 4.79 Å². The van der Waals surface area contributed by atoms with Crippen molar-refractivity contribution in [2.45, 2.75) is 38.1 Å². The molecule has 0 aromatic heterocycles. The average Bonchev–Trinajstić information content (AvgIpc) is 2.40. The number of amides is 1. The fourth-order valence-electron chi connectivity index (χ4n) is 2.25. The first-order valence-electron chi connectivity index (χ1n) is 6.75. The van der Waals surface area contributed by atoms with Crippen molar-refractivity contribution in [2.24, 2.45) is 0 Å². The van der Waals surface area contributed by atoms with Gasteiger partial charge in [0.05, 0.1) is 5.41 Å². The summed E-state index contributed by atoms with van der Waals surface area (Å²) in [5, 5.41) is 3.18. The summed E-state index contributed by atoms with van der Waals surface area (Å²) in [5.41, 5.74) is 6.90. The van der Waals surface area contributed by atoms with Gasteiger partial charge >= 0.3 is 0 Å². The van der Waals surface area contributed by atoms with E-state index in [0.29, 0.717) is 6.04 Å². The van der Waals surface area contributed by atoms with Gasteiger partial charge in [0.2, 0.25) is 5.91 Å². The molecule has 1 aliphatic rings. The van der Waals surface area contributed by atoms with Gasteiger partial charge in [-0.25, -0.2) is 0 Å². The first kappa shape index (κ1) is 14.3. The van der Waals surface area contributed by atoms with Crippen molar-refractivity contribution in [3.05, 3.63) is 29.8 Å². The van der Waals surface area contributed by atoms with Crippen molar-refractivity contribution in [3.8, 4) is 0 Å². The Balaban J connectivity index is 2.05. The molecule has 1 aliphatic heterocycles. The molecule has 0 saturated carbocycles. The van der Waals surface area contributed by atoms with Crippen LogP contribution in [0.3, 0.4) is 0 Å². The first-order valence-corrected chi connectivity index (χ1v) is 7.90.